The van der Waals surface area contributed by atoms with Crippen molar-refractivity contribution in [2.24, 2.45) is 0 Å². The first-order chi connectivity index (χ1) is 12.9. The zero-order valence-electron chi connectivity index (χ0n) is 16.4. The third-order valence-corrected chi connectivity index (χ3v) is 4.52. The second kappa shape index (κ2) is 8.33. The van der Waals surface area contributed by atoms with Crippen LogP contribution < -0.4 is 19.7 Å². The highest BCUT2D eigenvalue weighted by molar-refractivity contribution is 5.73. The van der Waals surface area contributed by atoms with Gasteiger partial charge in [-0.2, -0.15) is 0 Å². The summed E-state index contributed by atoms with van der Waals surface area (Å²) < 4.78 is 11.7. The van der Waals surface area contributed by atoms with Gasteiger partial charge in [0.1, 0.15) is 17.6 Å². The molecule has 1 saturated heterocycles. The van der Waals surface area contributed by atoms with Crippen molar-refractivity contribution in [3.63, 3.8) is 0 Å². The van der Waals surface area contributed by atoms with E-state index >= 15 is 0 Å². The van der Waals surface area contributed by atoms with Crippen molar-refractivity contribution >= 4 is 11.6 Å². The van der Waals surface area contributed by atoms with Crippen molar-refractivity contribution in [1.29, 1.82) is 0 Å². The average Bonchev–Trinajstić information content (AvgIpc) is 2.58. The van der Waals surface area contributed by atoms with Crippen molar-refractivity contribution in [2.45, 2.75) is 45.9 Å². The first kappa shape index (κ1) is 19.1. The lowest BCUT2D eigenvalue weighted by atomic mass is 10.1. The van der Waals surface area contributed by atoms with Gasteiger partial charge < -0.3 is 19.7 Å². The fraction of sp³-hybridized carbons (Fsp3) is 0.409. The quantitative estimate of drug-likeness (QED) is 0.804. The number of anilines is 1. The summed E-state index contributed by atoms with van der Waals surface area (Å²) >= 11 is 0. The number of carbonyl (C=O) groups excluding carboxylic acids is 1. The number of hydrogen-bond acceptors (Lipinski definition) is 4. The fourth-order valence-corrected chi connectivity index (χ4v) is 3.15. The lowest BCUT2D eigenvalue weighted by Crippen LogP contribution is -2.54. The molecule has 1 amide bonds. The van der Waals surface area contributed by atoms with Crippen molar-refractivity contribution in [1.82, 2.24) is 5.32 Å². The Morgan fingerprint density at radius 2 is 1.59 bits per heavy atom. The number of rotatable bonds is 7. The molecule has 27 heavy (non-hydrogen) atoms. The van der Waals surface area contributed by atoms with Crippen LogP contribution in [0, 0.1) is 0 Å². The SMILES string of the molecule is CC(=O)NC(C)c1ccc(N2CC(Oc3ccc(OC(C)C)cc3)C2)cc1. The second-order valence-electron chi connectivity index (χ2n) is 7.30. The smallest absolute Gasteiger partial charge is 0.217 e. The number of hydrogen-bond donors (Lipinski definition) is 1. The minimum Gasteiger partial charge on any atom is -0.491 e. The zero-order valence-corrected chi connectivity index (χ0v) is 16.4. The van der Waals surface area contributed by atoms with Gasteiger partial charge in [-0.25, -0.2) is 0 Å². The molecule has 1 unspecified atom stereocenters. The van der Waals surface area contributed by atoms with Crippen LogP contribution in [0.3, 0.4) is 0 Å². The van der Waals surface area contributed by atoms with Crippen LogP contribution in [0.5, 0.6) is 11.5 Å². The van der Waals surface area contributed by atoms with Crippen LogP contribution in [-0.2, 0) is 4.79 Å². The molecule has 0 spiro atoms. The van der Waals surface area contributed by atoms with Crippen LogP contribution in [0.4, 0.5) is 5.69 Å². The summed E-state index contributed by atoms with van der Waals surface area (Å²) in [4.78, 5) is 13.5. The number of amides is 1. The molecule has 0 bridgehead atoms. The summed E-state index contributed by atoms with van der Waals surface area (Å²) in [7, 11) is 0. The number of benzene rings is 2. The highest BCUT2D eigenvalue weighted by Gasteiger charge is 2.28. The molecule has 0 aromatic heterocycles. The standard InChI is InChI=1S/C22H28N2O3/c1-15(2)26-20-9-11-21(12-10-20)27-22-13-24(14-22)19-7-5-18(6-8-19)16(3)23-17(4)25/h5-12,15-16,22H,13-14H2,1-4H3,(H,23,25). The lowest BCUT2D eigenvalue weighted by Gasteiger charge is -2.40. The van der Waals surface area contributed by atoms with Crippen molar-refractivity contribution < 1.29 is 14.3 Å². The molecule has 3 rings (SSSR count). The maximum atomic E-state index is 11.2. The highest BCUT2D eigenvalue weighted by atomic mass is 16.5. The van der Waals surface area contributed by atoms with Gasteiger partial charge in [-0.1, -0.05) is 12.1 Å². The zero-order chi connectivity index (χ0) is 19.4. The largest absolute Gasteiger partial charge is 0.491 e. The number of nitrogens with zero attached hydrogens (tertiary/aromatic N) is 1. The van der Waals surface area contributed by atoms with Gasteiger partial charge in [-0.3, -0.25) is 4.79 Å². The summed E-state index contributed by atoms with van der Waals surface area (Å²) in [5.74, 6) is 1.72. The third-order valence-electron chi connectivity index (χ3n) is 4.52. The van der Waals surface area contributed by atoms with E-state index in [1.54, 1.807) is 0 Å². The van der Waals surface area contributed by atoms with Crippen LogP contribution in [0.2, 0.25) is 0 Å². The molecule has 5 nitrogen and oxygen atoms in total. The van der Waals surface area contributed by atoms with E-state index in [-0.39, 0.29) is 24.2 Å². The summed E-state index contributed by atoms with van der Waals surface area (Å²) in [5.41, 5.74) is 2.28. The maximum absolute atomic E-state index is 11.2. The molecule has 2 aromatic carbocycles. The molecule has 1 N–H and O–H groups in total. The van der Waals surface area contributed by atoms with Crippen LogP contribution in [0.1, 0.15) is 39.3 Å². The van der Waals surface area contributed by atoms with Crippen molar-refractivity contribution in [2.75, 3.05) is 18.0 Å². The van der Waals surface area contributed by atoms with E-state index in [2.05, 4.69) is 34.5 Å². The van der Waals surface area contributed by atoms with E-state index in [1.807, 2.05) is 45.0 Å². The van der Waals surface area contributed by atoms with Crippen LogP contribution in [0.25, 0.3) is 0 Å². The molecule has 0 radical (unpaired) electrons. The molecule has 1 aliphatic heterocycles. The van der Waals surface area contributed by atoms with Crippen LogP contribution >= 0.6 is 0 Å². The Bertz CT molecular complexity index is 750. The number of carbonyl (C=O) groups is 1. The van der Waals surface area contributed by atoms with E-state index in [0.29, 0.717) is 0 Å². The van der Waals surface area contributed by atoms with Gasteiger partial charge in [0.15, 0.2) is 0 Å². The molecule has 1 fully saturated rings. The van der Waals surface area contributed by atoms with Gasteiger partial charge in [0.25, 0.3) is 0 Å². The lowest BCUT2D eigenvalue weighted by molar-refractivity contribution is -0.119. The Balaban J connectivity index is 1.48. The van der Waals surface area contributed by atoms with Crippen molar-refractivity contribution in [3.8, 4) is 11.5 Å². The van der Waals surface area contributed by atoms with E-state index in [9.17, 15) is 4.79 Å². The van der Waals surface area contributed by atoms with Gasteiger partial charge in [0.05, 0.1) is 25.2 Å². The highest BCUT2D eigenvalue weighted by Crippen LogP contribution is 2.27. The van der Waals surface area contributed by atoms with E-state index in [4.69, 9.17) is 9.47 Å². The van der Waals surface area contributed by atoms with Crippen molar-refractivity contribution in [3.05, 3.63) is 54.1 Å². The molecule has 2 aromatic rings. The van der Waals surface area contributed by atoms with Crippen LogP contribution in [-0.4, -0.2) is 31.2 Å². The van der Waals surface area contributed by atoms with Gasteiger partial charge >= 0.3 is 0 Å². The van der Waals surface area contributed by atoms with Gasteiger partial charge in [-0.15, -0.1) is 0 Å². The molecule has 5 heteroatoms. The first-order valence-electron chi connectivity index (χ1n) is 9.46. The predicted molar refractivity (Wildman–Crippen MR) is 108 cm³/mol. The molecule has 144 valence electrons. The Hall–Kier alpha value is -2.69. The predicted octanol–water partition coefficient (Wildman–Crippen LogP) is 3.94. The average molecular weight is 368 g/mol. The molecule has 1 heterocycles. The second-order valence-corrected chi connectivity index (χ2v) is 7.30. The molecule has 0 saturated carbocycles. The van der Waals surface area contributed by atoms with Gasteiger partial charge in [0, 0.05) is 12.6 Å². The Morgan fingerprint density at radius 1 is 1.00 bits per heavy atom. The summed E-state index contributed by atoms with van der Waals surface area (Å²) in [6.45, 7) is 9.29. The summed E-state index contributed by atoms with van der Waals surface area (Å²) in [5, 5.41) is 2.90. The number of nitrogens with one attached hydrogen (secondary N) is 1. The summed E-state index contributed by atoms with van der Waals surface area (Å²) in [6.07, 6.45) is 0.365. The van der Waals surface area contributed by atoms with E-state index in [1.165, 1.54) is 12.6 Å². The Kier molecular flexibility index (Phi) is 5.89. The molecular formula is C22H28N2O3. The van der Waals surface area contributed by atoms with Crippen LogP contribution in [0.15, 0.2) is 48.5 Å². The maximum Gasteiger partial charge on any atom is 0.217 e. The molecular weight excluding hydrogens is 340 g/mol. The topological polar surface area (TPSA) is 50.8 Å². The first-order valence-corrected chi connectivity index (χ1v) is 9.46. The Labute approximate surface area is 161 Å². The third kappa shape index (κ3) is 5.16. The summed E-state index contributed by atoms with van der Waals surface area (Å²) in [6, 6.07) is 16.2. The van der Waals surface area contributed by atoms with Gasteiger partial charge in [-0.05, 0) is 62.7 Å². The van der Waals surface area contributed by atoms with E-state index in [0.717, 1.165) is 30.2 Å². The van der Waals surface area contributed by atoms with Gasteiger partial charge in [0.2, 0.25) is 5.91 Å². The number of ether oxygens (including phenoxy) is 2. The minimum absolute atomic E-state index is 0.0156. The monoisotopic (exact) mass is 368 g/mol. The normalized spacial score (nSPS) is 15.2. The fourth-order valence-electron chi connectivity index (χ4n) is 3.15. The molecule has 1 aliphatic rings. The molecule has 0 aliphatic carbocycles. The molecule has 1 atom stereocenters. The minimum atomic E-state index is -0.0156. The van der Waals surface area contributed by atoms with E-state index < -0.39 is 0 Å². The Morgan fingerprint density at radius 3 is 2.15 bits per heavy atom.